The van der Waals surface area contributed by atoms with Crippen LogP contribution in [0.15, 0.2) is 18.2 Å². The molecule has 0 aliphatic rings. The molecular formula is C8H5ClF3IO. The minimum Gasteiger partial charge on any atom is -0.406 e. The highest BCUT2D eigenvalue weighted by Gasteiger charge is 2.31. The Labute approximate surface area is 97.3 Å². The number of ether oxygens (including phenoxy) is 1. The van der Waals surface area contributed by atoms with Gasteiger partial charge in [0.1, 0.15) is 5.75 Å². The van der Waals surface area contributed by atoms with Crippen LogP contribution in [0.2, 0.25) is 0 Å². The third-order valence-electron chi connectivity index (χ3n) is 1.40. The standard InChI is InChI=1S/C8H5ClF3IO/c9-4-5-1-2-6(3-7(5)13)14-8(10,11)12/h1-3H,4H2. The molecule has 0 saturated carbocycles. The lowest BCUT2D eigenvalue weighted by Gasteiger charge is -2.09. The van der Waals surface area contributed by atoms with Gasteiger partial charge < -0.3 is 4.74 Å². The van der Waals surface area contributed by atoms with Gasteiger partial charge in [0.15, 0.2) is 0 Å². The first kappa shape index (κ1) is 11.9. The van der Waals surface area contributed by atoms with E-state index in [1.54, 1.807) is 0 Å². The minimum atomic E-state index is -4.65. The van der Waals surface area contributed by atoms with Gasteiger partial charge in [0.2, 0.25) is 0 Å². The quantitative estimate of drug-likeness (QED) is 0.587. The summed E-state index contributed by atoms with van der Waals surface area (Å²) in [5.41, 5.74) is 0.779. The van der Waals surface area contributed by atoms with Crippen molar-refractivity contribution in [3.8, 4) is 5.75 Å². The Hall–Kier alpha value is -0.170. The van der Waals surface area contributed by atoms with Crippen molar-refractivity contribution in [2.24, 2.45) is 0 Å². The zero-order valence-electron chi connectivity index (χ0n) is 6.74. The molecule has 6 heteroatoms. The van der Waals surface area contributed by atoms with Gasteiger partial charge in [-0.15, -0.1) is 24.8 Å². The fraction of sp³-hybridized carbons (Fsp3) is 0.250. The Kier molecular flexibility index (Phi) is 3.88. The molecule has 0 spiro atoms. The van der Waals surface area contributed by atoms with Gasteiger partial charge in [-0.25, -0.2) is 0 Å². The molecule has 0 aromatic heterocycles. The van der Waals surface area contributed by atoms with E-state index in [4.69, 9.17) is 11.6 Å². The van der Waals surface area contributed by atoms with Crippen molar-refractivity contribution in [1.29, 1.82) is 0 Å². The van der Waals surface area contributed by atoms with Crippen LogP contribution in [0.25, 0.3) is 0 Å². The second kappa shape index (κ2) is 4.57. The van der Waals surface area contributed by atoms with Crippen LogP contribution in [0.5, 0.6) is 5.75 Å². The van der Waals surface area contributed by atoms with Crippen LogP contribution in [-0.2, 0) is 5.88 Å². The summed E-state index contributed by atoms with van der Waals surface area (Å²) in [6.45, 7) is 0. The molecule has 0 N–H and O–H groups in total. The summed E-state index contributed by atoms with van der Waals surface area (Å²) in [5, 5.41) is 0. The van der Waals surface area contributed by atoms with Crippen LogP contribution in [0.4, 0.5) is 13.2 Å². The summed E-state index contributed by atoms with van der Waals surface area (Å²) >= 11 is 7.46. The van der Waals surface area contributed by atoms with Crippen molar-refractivity contribution in [3.63, 3.8) is 0 Å². The maximum Gasteiger partial charge on any atom is 0.573 e. The summed E-state index contributed by atoms with van der Waals surface area (Å²) in [7, 11) is 0. The van der Waals surface area contributed by atoms with E-state index in [2.05, 4.69) is 4.74 Å². The third-order valence-corrected chi connectivity index (χ3v) is 2.69. The summed E-state index contributed by atoms with van der Waals surface area (Å²) in [4.78, 5) is 0. The van der Waals surface area contributed by atoms with Crippen molar-refractivity contribution >= 4 is 34.2 Å². The summed E-state index contributed by atoms with van der Waals surface area (Å²) in [5.74, 6) is 0.0423. The highest BCUT2D eigenvalue weighted by Crippen LogP contribution is 2.26. The highest BCUT2D eigenvalue weighted by molar-refractivity contribution is 14.1. The van der Waals surface area contributed by atoms with Gasteiger partial charge in [0, 0.05) is 9.45 Å². The molecule has 78 valence electrons. The minimum absolute atomic E-state index is 0.226. The smallest absolute Gasteiger partial charge is 0.406 e. The normalized spacial score (nSPS) is 11.5. The van der Waals surface area contributed by atoms with Crippen molar-refractivity contribution in [1.82, 2.24) is 0 Å². The predicted molar refractivity (Wildman–Crippen MR) is 55.4 cm³/mol. The second-order valence-electron chi connectivity index (χ2n) is 2.43. The molecule has 0 heterocycles. The largest absolute Gasteiger partial charge is 0.573 e. The third kappa shape index (κ3) is 3.53. The SMILES string of the molecule is FC(F)(F)Oc1ccc(CCl)c(I)c1. The van der Waals surface area contributed by atoms with Crippen LogP contribution in [0.1, 0.15) is 5.56 Å². The topological polar surface area (TPSA) is 9.23 Å². The van der Waals surface area contributed by atoms with E-state index in [0.717, 1.165) is 5.56 Å². The molecule has 1 aromatic rings. The van der Waals surface area contributed by atoms with E-state index in [0.29, 0.717) is 3.57 Å². The van der Waals surface area contributed by atoms with Crippen molar-refractivity contribution in [3.05, 3.63) is 27.3 Å². The molecule has 0 atom stereocenters. The lowest BCUT2D eigenvalue weighted by atomic mass is 10.2. The molecule has 0 amide bonds. The maximum atomic E-state index is 11.8. The van der Waals surface area contributed by atoms with E-state index < -0.39 is 6.36 Å². The van der Waals surface area contributed by atoms with Gasteiger partial charge in [-0.1, -0.05) is 6.07 Å². The zero-order chi connectivity index (χ0) is 10.8. The predicted octanol–water partition coefficient (Wildman–Crippen LogP) is 3.93. The van der Waals surface area contributed by atoms with E-state index in [1.807, 2.05) is 22.6 Å². The lowest BCUT2D eigenvalue weighted by molar-refractivity contribution is -0.274. The Morgan fingerprint density at radius 1 is 1.36 bits per heavy atom. The Morgan fingerprint density at radius 3 is 2.43 bits per heavy atom. The van der Waals surface area contributed by atoms with E-state index in [1.165, 1.54) is 18.2 Å². The number of benzene rings is 1. The monoisotopic (exact) mass is 336 g/mol. The van der Waals surface area contributed by atoms with Crippen molar-refractivity contribution in [2.45, 2.75) is 12.2 Å². The van der Waals surface area contributed by atoms with Gasteiger partial charge in [-0.2, -0.15) is 0 Å². The first-order chi connectivity index (χ1) is 6.42. The molecule has 0 bridgehead atoms. The van der Waals surface area contributed by atoms with Crippen molar-refractivity contribution in [2.75, 3.05) is 0 Å². The van der Waals surface area contributed by atoms with E-state index in [-0.39, 0.29) is 11.6 Å². The van der Waals surface area contributed by atoms with Gasteiger partial charge in [-0.3, -0.25) is 0 Å². The van der Waals surface area contributed by atoms with Crippen LogP contribution in [-0.4, -0.2) is 6.36 Å². The highest BCUT2D eigenvalue weighted by atomic mass is 127. The van der Waals surface area contributed by atoms with Crippen LogP contribution < -0.4 is 4.74 Å². The number of hydrogen-bond acceptors (Lipinski definition) is 1. The first-order valence-electron chi connectivity index (χ1n) is 3.52. The number of halogens is 5. The number of alkyl halides is 4. The molecular weight excluding hydrogens is 331 g/mol. The average Bonchev–Trinajstić information content (AvgIpc) is 2.01. The Morgan fingerprint density at radius 2 is 2.00 bits per heavy atom. The van der Waals surface area contributed by atoms with Crippen LogP contribution in [0.3, 0.4) is 0 Å². The van der Waals surface area contributed by atoms with Gasteiger partial charge in [0.05, 0.1) is 0 Å². The molecule has 0 unspecified atom stereocenters. The molecule has 0 radical (unpaired) electrons. The van der Waals surface area contributed by atoms with Gasteiger partial charge in [-0.05, 0) is 40.3 Å². The summed E-state index contributed by atoms with van der Waals surface area (Å²) < 4.78 is 39.8. The second-order valence-corrected chi connectivity index (χ2v) is 3.86. The molecule has 14 heavy (non-hydrogen) atoms. The van der Waals surface area contributed by atoms with Crippen molar-refractivity contribution < 1.29 is 17.9 Å². The number of rotatable bonds is 2. The average molecular weight is 336 g/mol. The molecule has 0 fully saturated rings. The molecule has 1 rings (SSSR count). The molecule has 1 nitrogen and oxygen atoms in total. The molecule has 0 aliphatic heterocycles. The summed E-state index contributed by atoms with van der Waals surface area (Å²) in [6, 6.07) is 4.05. The molecule has 0 saturated heterocycles. The zero-order valence-corrected chi connectivity index (χ0v) is 9.65. The van der Waals surface area contributed by atoms with E-state index >= 15 is 0 Å². The first-order valence-corrected chi connectivity index (χ1v) is 5.14. The van der Waals surface area contributed by atoms with Gasteiger partial charge in [0.25, 0.3) is 0 Å². The Bertz CT molecular complexity index is 327. The van der Waals surface area contributed by atoms with Crippen LogP contribution >= 0.6 is 34.2 Å². The van der Waals surface area contributed by atoms with Crippen LogP contribution in [0, 0.1) is 3.57 Å². The molecule has 0 aliphatic carbocycles. The lowest BCUT2D eigenvalue weighted by Crippen LogP contribution is -2.17. The fourth-order valence-corrected chi connectivity index (χ4v) is 1.97. The Balaban J connectivity index is 2.87. The summed E-state index contributed by atoms with van der Waals surface area (Å²) in [6.07, 6.45) is -4.65. The molecule has 1 aromatic carbocycles. The fourth-order valence-electron chi connectivity index (χ4n) is 0.834. The van der Waals surface area contributed by atoms with E-state index in [9.17, 15) is 13.2 Å². The maximum absolute atomic E-state index is 11.8. The number of hydrogen-bond donors (Lipinski definition) is 0. The van der Waals surface area contributed by atoms with Gasteiger partial charge >= 0.3 is 6.36 Å².